The number of ether oxygens (including phenoxy) is 2. The van der Waals surface area contributed by atoms with Crippen molar-refractivity contribution in [1.29, 1.82) is 0 Å². The van der Waals surface area contributed by atoms with Gasteiger partial charge in [0.2, 0.25) is 0 Å². The van der Waals surface area contributed by atoms with Crippen molar-refractivity contribution in [2.75, 3.05) is 53.0 Å². The molecule has 144 valence electrons. The summed E-state index contributed by atoms with van der Waals surface area (Å²) in [6.07, 6.45) is 1.20. The van der Waals surface area contributed by atoms with Gasteiger partial charge in [-0.1, -0.05) is 12.1 Å². The van der Waals surface area contributed by atoms with Gasteiger partial charge in [0.15, 0.2) is 5.96 Å². The van der Waals surface area contributed by atoms with E-state index >= 15 is 0 Å². The van der Waals surface area contributed by atoms with E-state index < -0.39 is 0 Å². The minimum Gasteiger partial charge on any atom is -0.496 e. The number of methoxy groups -OCH3 is 1. The molecule has 0 spiro atoms. The minimum absolute atomic E-state index is 0.617. The summed E-state index contributed by atoms with van der Waals surface area (Å²) in [5.41, 5.74) is 2.36. The highest BCUT2D eigenvalue weighted by Gasteiger charge is 2.30. The van der Waals surface area contributed by atoms with Crippen LogP contribution in [0.25, 0.3) is 0 Å². The third-order valence-corrected chi connectivity index (χ3v) is 5.23. The van der Waals surface area contributed by atoms with E-state index in [1.165, 1.54) is 12.0 Å². The zero-order valence-corrected chi connectivity index (χ0v) is 16.3. The van der Waals surface area contributed by atoms with Gasteiger partial charge in [0, 0.05) is 38.8 Å². The van der Waals surface area contributed by atoms with Gasteiger partial charge in [-0.25, -0.2) is 4.99 Å². The van der Waals surface area contributed by atoms with Gasteiger partial charge >= 0.3 is 0 Å². The number of hydrogen-bond donors (Lipinski definition) is 1. The number of rotatable bonds is 5. The number of aryl methyl sites for hydroxylation is 1. The van der Waals surface area contributed by atoms with Crippen LogP contribution in [-0.4, -0.2) is 74.8 Å². The molecule has 0 bridgehead atoms. The Morgan fingerprint density at radius 2 is 2.12 bits per heavy atom. The number of likely N-dealkylation sites (tertiary alicyclic amines) is 1. The van der Waals surface area contributed by atoms with Gasteiger partial charge in [-0.2, -0.15) is 0 Å². The first-order valence-electron chi connectivity index (χ1n) is 9.70. The Morgan fingerprint density at radius 3 is 2.81 bits per heavy atom. The number of nitrogens with one attached hydrogen (secondary N) is 1. The smallest absolute Gasteiger partial charge is 0.194 e. The van der Waals surface area contributed by atoms with Crippen molar-refractivity contribution in [3.05, 3.63) is 29.3 Å². The third-order valence-electron chi connectivity index (χ3n) is 5.23. The van der Waals surface area contributed by atoms with Crippen molar-refractivity contribution in [3.8, 4) is 5.75 Å². The zero-order valence-electron chi connectivity index (χ0n) is 16.3. The number of guanidine groups is 1. The van der Waals surface area contributed by atoms with Crippen molar-refractivity contribution < 1.29 is 9.47 Å². The van der Waals surface area contributed by atoms with Gasteiger partial charge in [0.25, 0.3) is 0 Å². The molecule has 2 heterocycles. The number of benzene rings is 1. The van der Waals surface area contributed by atoms with Gasteiger partial charge in [-0.15, -0.1) is 0 Å². The Labute approximate surface area is 157 Å². The Kier molecular flexibility index (Phi) is 6.74. The molecule has 26 heavy (non-hydrogen) atoms. The van der Waals surface area contributed by atoms with Crippen LogP contribution in [0.1, 0.15) is 24.5 Å². The van der Waals surface area contributed by atoms with E-state index in [2.05, 4.69) is 41.1 Å². The zero-order chi connectivity index (χ0) is 18.4. The number of hydrogen-bond acceptors (Lipinski definition) is 4. The fraction of sp³-hybridized carbons (Fsp3) is 0.650. The van der Waals surface area contributed by atoms with Crippen LogP contribution < -0.4 is 10.1 Å². The maximum Gasteiger partial charge on any atom is 0.194 e. The fourth-order valence-corrected chi connectivity index (χ4v) is 3.81. The van der Waals surface area contributed by atoms with Crippen molar-refractivity contribution >= 4 is 5.96 Å². The second-order valence-corrected chi connectivity index (χ2v) is 7.01. The number of aliphatic imine (C=N–C) groups is 1. The van der Waals surface area contributed by atoms with Gasteiger partial charge in [0.1, 0.15) is 5.75 Å². The molecule has 2 fully saturated rings. The summed E-state index contributed by atoms with van der Waals surface area (Å²) in [4.78, 5) is 9.86. The van der Waals surface area contributed by atoms with Crippen molar-refractivity contribution in [2.24, 2.45) is 4.99 Å². The first kappa shape index (κ1) is 19.0. The molecule has 6 heteroatoms. The molecule has 1 aromatic rings. The standard InChI is InChI=1S/C20H32N4O2/c1-4-21-20(22-14-17-5-6-19(25-3)16(2)13-17)24-8-7-18(15-24)23-9-11-26-12-10-23/h5-6,13,18H,4,7-12,14-15H2,1-3H3,(H,21,22). The molecule has 1 atom stereocenters. The van der Waals surface area contributed by atoms with E-state index in [0.29, 0.717) is 12.6 Å². The Hall–Kier alpha value is -1.79. The monoisotopic (exact) mass is 360 g/mol. The van der Waals surface area contributed by atoms with Gasteiger partial charge in [-0.05, 0) is 37.5 Å². The topological polar surface area (TPSA) is 49.3 Å². The van der Waals surface area contributed by atoms with Crippen LogP contribution in [0.15, 0.2) is 23.2 Å². The Bertz CT molecular complexity index is 614. The van der Waals surface area contributed by atoms with Crippen LogP contribution in [-0.2, 0) is 11.3 Å². The first-order valence-corrected chi connectivity index (χ1v) is 9.70. The SMILES string of the molecule is CCNC(=NCc1ccc(OC)c(C)c1)N1CCC(N2CCOCC2)C1. The molecule has 3 rings (SSSR count). The van der Waals surface area contributed by atoms with Crippen LogP contribution >= 0.6 is 0 Å². The summed E-state index contributed by atoms with van der Waals surface area (Å²) < 4.78 is 10.8. The molecular weight excluding hydrogens is 328 g/mol. The number of morpholine rings is 1. The normalized spacial score (nSPS) is 21.9. The van der Waals surface area contributed by atoms with Crippen LogP contribution in [0.2, 0.25) is 0 Å². The van der Waals surface area contributed by atoms with E-state index in [1.54, 1.807) is 7.11 Å². The molecule has 0 amide bonds. The Balaban J connectivity index is 1.63. The summed E-state index contributed by atoms with van der Waals surface area (Å²) in [7, 11) is 1.71. The minimum atomic E-state index is 0.617. The van der Waals surface area contributed by atoms with Crippen LogP contribution in [0, 0.1) is 6.92 Å². The van der Waals surface area contributed by atoms with Crippen LogP contribution in [0.5, 0.6) is 5.75 Å². The molecule has 2 aliphatic rings. The molecule has 2 saturated heterocycles. The van der Waals surface area contributed by atoms with Gasteiger partial charge in [0.05, 0.1) is 26.9 Å². The lowest BCUT2D eigenvalue weighted by molar-refractivity contribution is 0.0195. The van der Waals surface area contributed by atoms with Crippen molar-refractivity contribution in [3.63, 3.8) is 0 Å². The molecule has 1 unspecified atom stereocenters. The quantitative estimate of drug-likeness (QED) is 0.642. The van der Waals surface area contributed by atoms with Crippen LogP contribution in [0.3, 0.4) is 0 Å². The highest BCUT2D eigenvalue weighted by molar-refractivity contribution is 5.80. The third kappa shape index (κ3) is 4.68. The van der Waals surface area contributed by atoms with Crippen molar-refractivity contribution in [2.45, 2.75) is 32.9 Å². The molecule has 2 aliphatic heterocycles. The average Bonchev–Trinajstić information content (AvgIpc) is 3.16. The molecule has 6 nitrogen and oxygen atoms in total. The molecule has 0 radical (unpaired) electrons. The second-order valence-electron chi connectivity index (χ2n) is 7.01. The lowest BCUT2D eigenvalue weighted by Crippen LogP contribution is -2.46. The molecule has 0 saturated carbocycles. The predicted octanol–water partition coefficient (Wildman–Crippen LogP) is 1.88. The Morgan fingerprint density at radius 1 is 1.31 bits per heavy atom. The van der Waals surface area contributed by atoms with Gasteiger partial charge < -0.3 is 19.7 Å². The lowest BCUT2D eigenvalue weighted by atomic mass is 10.1. The highest BCUT2D eigenvalue weighted by Crippen LogP contribution is 2.20. The second kappa shape index (κ2) is 9.24. The van der Waals surface area contributed by atoms with Crippen LogP contribution in [0.4, 0.5) is 0 Å². The highest BCUT2D eigenvalue weighted by atomic mass is 16.5. The molecular formula is C20H32N4O2. The predicted molar refractivity (Wildman–Crippen MR) is 105 cm³/mol. The van der Waals surface area contributed by atoms with Crippen molar-refractivity contribution in [1.82, 2.24) is 15.1 Å². The summed E-state index contributed by atoms with van der Waals surface area (Å²) in [6, 6.07) is 6.90. The van der Waals surface area contributed by atoms with E-state index in [1.807, 2.05) is 6.07 Å². The molecule has 0 aromatic heterocycles. The maximum atomic E-state index is 5.49. The average molecular weight is 361 g/mol. The summed E-state index contributed by atoms with van der Waals surface area (Å²) in [5.74, 6) is 1.95. The summed E-state index contributed by atoms with van der Waals surface area (Å²) in [6.45, 7) is 11.7. The van der Waals surface area contributed by atoms with E-state index in [0.717, 1.165) is 63.2 Å². The fourth-order valence-electron chi connectivity index (χ4n) is 3.81. The first-order chi connectivity index (χ1) is 12.7. The summed E-state index contributed by atoms with van der Waals surface area (Å²) >= 11 is 0. The van der Waals surface area contributed by atoms with E-state index in [4.69, 9.17) is 14.5 Å². The maximum absolute atomic E-state index is 5.49. The molecule has 0 aliphatic carbocycles. The molecule has 1 aromatic carbocycles. The molecule has 1 N–H and O–H groups in total. The summed E-state index contributed by atoms with van der Waals surface area (Å²) in [5, 5.41) is 3.46. The largest absolute Gasteiger partial charge is 0.496 e. The lowest BCUT2D eigenvalue weighted by Gasteiger charge is -2.32. The number of nitrogens with zero attached hydrogens (tertiary/aromatic N) is 3. The van der Waals surface area contributed by atoms with Gasteiger partial charge in [-0.3, -0.25) is 4.90 Å². The van der Waals surface area contributed by atoms with E-state index in [9.17, 15) is 0 Å². The van der Waals surface area contributed by atoms with E-state index in [-0.39, 0.29) is 0 Å².